The first-order valence-electron chi connectivity index (χ1n) is 7.65. The van der Waals surface area contributed by atoms with Gasteiger partial charge in [0.1, 0.15) is 0 Å². The fraction of sp³-hybridized carbons (Fsp3) is 0.444. The van der Waals surface area contributed by atoms with Crippen LogP contribution in [0.4, 0.5) is 0 Å². The molecule has 1 heterocycles. The Balaban J connectivity index is 1.97. The lowest BCUT2D eigenvalue weighted by Crippen LogP contribution is -2.22. The second-order valence-corrected chi connectivity index (χ2v) is 6.74. The molecule has 0 saturated heterocycles. The average molecular weight is 282 g/mol. The molecule has 0 saturated carbocycles. The molecule has 110 valence electrons. The van der Waals surface area contributed by atoms with E-state index in [1.54, 1.807) is 0 Å². The number of benzene rings is 1. The molecule has 3 rings (SSSR count). The number of hydrogen-bond donors (Lipinski definition) is 0. The summed E-state index contributed by atoms with van der Waals surface area (Å²) in [4.78, 5) is 11.9. The molecular formula is C18H22N2O. The van der Waals surface area contributed by atoms with Crippen molar-refractivity contribution in [1.29, 1.82) is 0 Å². The monoisotopic (exact) mass is 282 g/mol. The molecule has 21 heavy (non-hydrogen) atoms. The van der Waals surface area contributed by atoms with E-state index in [2.05, 4.69) is 39.0 Å². The van der Waals surface area contributed by atoms with E-state index in [9.17, 15) is 4.79 Å². The van der Waals surface area contributed by atoms with Gasteiger partial charge < -0.3 is 0 Å². The number of allylic oxidation sites excluding steroid dienone is 2. The second kappa shape index (κ2) is 5.14. The summed E-state index contributed by atoms with van der Waals surface area (Å²) < 4.78 is 2.04. The molecule has 0 unspecified atom stereocenters. The van der Waals surface area contributed by atoms with E-state index in [1.807, 2.05) is 16.8 Å². The molecule has 0 fully saturated rings. The van der Waals surface area contributed by atoms with Gasteiger partial charge in [0, 0.05) is 24.8 Å². The van der Waals surface area contributed by atoms with Gasteiger partial charge in [0.15, 0.2) is 5.78 Å². The molecule has 0 bridgehead atoms. The summed E-state index contributed by atoms with van der Waals surface area (Å²) in [5.74, 6) is 0.250. The Morgan fingerprint density at radius 2 is 2.00 bits per heavy atom. The molecule has 0 N–H and O–H groups in total. The molecule has 0 spiro atoms. The summed E-state index contributed by atoms with van der Waals surface area (Å²) >= 11 is 0. The standard InChI is InChI=1S/C18H22N2O/c1-4-20-17-8-6-5-7-15(17)16(19-20)10-13-9-14(21)12-18(2,3)11-13/h5-9H,4,10-12H2,1-3H3. The summed E-state index contributed by atoms with van der Waals surface area (Å²) in [5.41, 5.74) is 3.55. The molecule has 1 aromatic carbocycles. The van der Waals surface area contributed by atoms with Gasteiger partial charge in [-0.15, -0.1) is 0 Å². The van der Waals surface area contributed by atoms with Crippen molar-refractivity contribution >= 4 is 16.7 Å². The van der Waals surface area contributed by atoms with E-state index < -0.39 is 0 Å². The normalized spacial score (nSPS) is 18.0. The number of nitrogens with zero attached hydrogens (tertiary/aromatic N) is 2. The number of carbonyl (C=O) groups excluding carboxylic acids is 1. The number of ketones is 1. The van der Waals surface area contributed by atoms with Gasteiger partial charge in [-0.3, -0.25) is 9.48 Å². The third-order valence-electron chi connectivity index (χ3n) is 4.15. The van der Waals surface area contributed by atoms with E-state index in [-0.39, 0.29) is 11.2 Å². The van der Waals surface area contributed by atoms with E-state index in [1.165, 1.54) is 16.5 Å². The van der Waals surface area contributed by atoms with E-state index >= 15 is 0 Å². The fourth-order valence-corrected chi connectivity index (χ4v) is 3.38. The lowest BCUT2D eigenvalue weighted by atomic mass is 9.76. The van der Waals surface area contributed by atoms with Crippen LogP contribution in [-0.4, -0.2) is 15.6 Å². The first-order valence-corrected chi connectivity index (χ1v) is 7.65. The van der Waals surface area contributed by atoms with Crippen molar-refractivity contribution < 1.29 is 4.79 Å². The van der Waals surface area contributed by atoms with Crippen LogP contribution in [0.5, 0.6) is 0 Å². The highest BCUT2D eigenvalue weighted by Gasteiger charge is 2.28. The molecule has 0 aliphatic heterocycles. The first kappa shape index (κ1) is 14.1. The summed E-state index contributed by atoms with van der Waals surface area (Å²) in [7, 11) is 0. The third kappa shape index (κ3) is 2.78. The van der Waals surface area contributed by atoms with Gasteiger partial charge in [0.25, 0.3) is 0 Å². The summed E-state index contributed by atoms with van der Waals surface area (Å²) in [5, 5.41) is 5.94. The van der Waals surface area contributed by atoms with Gasteiger partial charge in [-0.05, 0) is 30.9 Å². The smallest absolute Gasteiger partial charge is 0.156 e. The Labute approximate surface area is 125 Å². The van der Waals surface area contributed by atoms with Gasteiger partial charge in [0.2, 0.25) is 0 Å². The topological polar surface area (TPSA) is 34.9 Å². The Bertz CT molecular complexity index is 722. The fourth-order valence-electron chi connectivity index (χ4n) is 3.38. The highest BCUT2D eigenvalue weighted by atomic mass is 16.1. The van der Waals surface area contributed by atoms with Crippen LogP contribution < -0.4 is 0 Å². The van der Waals surface area contributed by atoms with Crippen LogP contribution in [0.3, 0.4) is 0 Å². The molecule has 3 nitrogen and oxygen atoms in total. The SMILES string of the molecule is CCn1nc(CC2=CC(=O)CC(C)(C)C2)c2ccccc21. The first-order chi connectivity index (χ1) is 9.98. The Morgan fingerprint density at radius 1 is 1.24 bits per heavy atom. The van der Waals surface area contributed by atoms with Gasteiger partial charge in [0.05, 0.1) is 11.2 Å². The van der Waals surface area contributed by atoms with Crippen LogP contribution in [0.15, 0.2) is 35.9 Å². The number of rotatable bonds is 3. The minimum Gasteiger partial charge on any atom is -0.295 e. The molecular weight excluding hydrogens is 260 g/mol. The van der Waals surface area contributed by atoms with Crippen molar-refractivity contribution in [1.82, 2.24) is 9.78 Å². The van der Waals surface area contributed by atoms with Crippen molar-refractivity contribution in [2.24, 2.45) is 5.41 Å². The summed E-state index contributed by atoms with van der Waals surface area (Å²) in [6, 6.07) is 8.34. The van der Waals surface area contributed by atoms with Gasteiger partial charge in [-0.2, -0.15) is 5.10 Å². The summed E-state index contributed by atoms with van der Waals surface area (Å²) in [6.07, 6.45) is 4.25. The zero-order valence-electron chi connectivity index (χ0n) is 13.0. The van der Waals surface area contributed by atoms with Crippen LogP contribution in [0.1, 0.15) is 39.3 Å². The van der Waals surface area contributed by atoms with Crippen molar-refractivity contribution in [3.8, 4) is 0 Å². The van der Waals surface area contributed by atoms with Crippen LogP contribution in [0, 0.1) is 5.41 Å². The maximum absolute atomic E-state index is 11.9. The molecule has 1 aromatic heterocycles. The predicted octanol–water partition coefficient (Wildman–Crippen LogP) is 3.91. The zero-order chi connectivity index (χ0) is 15.0. The Morgan fingerprint density at radius 3 is 2.71 bits per heavy atom. The molecule has 2 aromatic rings. The van der Waals surface area contributed by atoms with Crippen LogP contribution in [0.25, 0.3) is 10.9 Å². The van der Waals surface area contributed by atoms with Crippen LogP contribution >= 0.6 is 0 Å². The molecule has 0 radical (unpaired) electrons. The van der Waals surface area contributed by atoms with Crippen molar-refractivity contribution in [3.63, 3.8) is 0 Å². The van der Waals surface area contributed by atoms with E-state index in [0.717, 1.165) is 25.1 Å². The highest BCUT2D eigenvalue weighted by molar-refractivity contribution is 5.92. The van der Waals surface area contributed by atoms with Crippen molar-refractivity contribution in [2.45, 2.75) is 46.6 Å². The lowest BCUT2D eigenvalue weighted by Gasteiger charge is -2.28. The second-order valence-electron chi connectivity index (χ2n) is 6.74. The van der Waals surface area contributed by atoms with E-state index in [4.69, 9.17) is 5.10 Å². The van der Waals surface area contributed by atoms with E-state index in [0.29, 0.717) is 6.42 Å². The van der Waals surface area contributed by atoms with Gasteiger partial charge in [-0.1, -0.05) is 37.6 Å². The van der Waals surface area contributed by atoms with Crippen molar-refractivity contribution in [2.75, 3.05) is 0 Å². The number of carbonyl (C=O) groups is 1. The third-order valence-corrected chi connectivity index (χ3v) is 4.15. The summed E-state index contributed by atoms with van der Waals surface area (Å²) in [6.45, 7) is 7.31. The number of aryl methyl sites for hydroxylation is 1. The number of aromatic nitrogens is 2. The molecule has 3 heteroatoms. The minimum absolute atomic E-state index is 0.0737. The maximum Gasteiger partial charge on any atom is 0.156 e. The maximum atomic E-state index is 11.9. The number of para-hydroxylation sites is 1. The van der Waals surface area contributed by atoms with Gasteiger partial charge >= 0.3 is 0 Å². The van der Waals surface area contributed by atoms with Gasteiger partial charge in [-0.25, -0.2) is 0 Å². The lowest BCUT2D eigenvalue weighted by molar-refractivity contribution is -0.117. The molecule has 0 amide bonds. The molecule has 1 aliphatic rings. The van der Waals surface area contributed by atoms with Crippen molar-refractivity contribution in [3.05, 3.63) is 41.6 Å². The quantitative estimate of drug-likeness (QED) is 0.855. The molecule has 1 aliphatic carbocycles. The van der Waals surface area contributed by atoms with Crippen LogP contribution in [0.2, 0.25) is 0 Å². The van der Waals surface area contributed by atoms with Crippen LogP contribution in [-0.2, 0) is 17.8 Å². The Kier molecular flexibility index (Phi) is 3.44. The Hall–Kier alpha value is -1.90. The number of fused-ring (bicyclic) bond motifs is 1. The molecule has 0 atom stereocenters. The minimum atomic E-state index is 0.0737. The largest absolute Gasteiger partial charge is 0.295 e. The zero-order valence-corrected chi connectivity index (χ0v) is 13.0. The predicted molar refractivity (Wildman–Crippen MR) is 85.2 cm³/mol. The highest BCUT2D eigenvalue weighted by Crippen LogP contribution is 2.35. The average Bonchev–Trinajstić information content (AvgIpc) is 2.75. The number of hydrogen-bond acceptors (Lipinski definition) is 2.